The first kappa shape index (κ1) is 14.1. The van der Waals surface area contributed by atoms with Gasteiger partial charge >= 0.3 is 5.97 Å². The van der Waals surface area contributed by atoms with Crippen LogP contribution in [0.15, 0.2) is 73.3 Å². The molecule has 0 spiro atoms. The van der Waals surface area contributed by atoms with Gasteiger partial charge in [-0.25, -0.2) is 0 Å². The SMILES string of the molecule is C=CC(CC(=O)OCc1ccccc1)c1ccccc1. The molecule has 0 saturated carbocycles. The molecule has 2 nitrogen and oxygen atoms in total. The molecule has 0 aliphatic heterocycles. The van der Waals surface area contributed by atoms with E-state index < -0.39 is 0 Å². The van der Waals surface area contributed by atoms with Gasteiger partial charge in [0.15, 0.2) is 0 Å². The fraction of sp³-hybridized carbons (Fsp3) is 0.167. The molecule has 0 saturated heterocycles. The molecule has 20 heavy (non-hydrogen) atoms. The van der Waals surface area contributed by atoms with Crippen LogP contribution in [0.5, 0.6) is 0 Å². The average Bonchev–Trinajstić information content (AvgIpc) is 2.52. The van der Waals surface area contributed by atoms with Gasteiger partial charge in [-0.15, -0.1) is 6.58 Å². The maximum atomic E-state index is 11.9. The summed E-state index contributed by atoms with van der Waals surface area (Å²) in [7, 11) is 0. The van der Waals surface area contributed by atoms with Crippen molar-refractivity contribution in [2.24, 2.45) is 0 Å². The van der Waals surface area contributed by atoms with E-state index in [1.54, 1.807) is 6.08 Å². The molecule has 2 aromatic rings. The van der Waals surface area contributed by atoms with Gasteiger partial charge in [-0.1, -0.05) is 66.7 Å². The third-order valence-corrected chi connectivity index (χ3v) is 3.14. The van der Waals surface area contributed by atoms with Crippen molar-refractivity contribution in [2.45, 2.75) is 18.9 Å². The number of benzene rings is 2. The van der Waals surface area contributed by atoms with Gasteiger partial charge < -0.3 is 4.74 Å². The molecule has 0 heterocycles. The van der Waals surface area contributed by atoms with Gasteiger partial charge in [0.1, 0.15) is 6.61 Å². The fourth-order valence-corrected chi connectivity index (χ4v) is 2.01. The molecule has 0 fully saturated rings. The molecule has 102 valence electrons. The van der Waals surface area contributed by atoms with Gasteiger partial charge in [0.2, 0.25) is 0 Å². The number of hydrogen-bond donors (Lipinski definition) is 0. The van der Waals surface area contributed by atoms with Crippen LogP contribution in [0, 0.1) is 0 Å². The van der Waals surface area contributed by atoms with E-state index in [4.69, 9.17) is 4.74 Å². The minimum Gasteiger partial charge on any atom is -0.461 e. The van der Waals surface area contributed by atoms with E-state index in [2.05, 4.69) is 6.58 Å². The highest BCUT2D eigenvalue weighted by atomic mass is 16.5. The standard InChI is InChI=1S/C18H18O2/c1-2-16(17-11-7-4-8-12-17)13-18(19)20-14-15-9-5-3-6-10-15/h2-12,16H,1,13-14H2. The molecular weight excluding hydrogens is 248 g/mol. The molecule has 0 aromatic heterocycles. The van der Waals surface area contributed by atoms with Crippen LogP contribution in [0.3, 0.4) is 0 Å². The highest BCUT2D eigenvalue weighted by Crippen LogP contribution is 2.21. The van der Waals surface area contributed by atoms with E-state index in [1.165, 1.54) is 0 Å². The minimum absolute atomic E-state index is 0.000488. The van der Waals surface area contributed by atoms with Crippen LogP contribution < -0.4 is 0 Å². The molecule has 1 atom stereocenters. The molecule has 0 aliphatic rings. The normalized spacial score (nSPS) is 11.6. The Kier molecular flexibility index (Phi) is 5.13. The Hall–Kier alpha value is -2.35. The summed E-state index contributed by atoms with van der Waals surface area (Å²) >= 11 is 0. The number of ether oxygens (including phenoxy) is 1. The second-order valence-corrected chi connectivity index (χ2v) is 4.60. The molecule has 0 bridgehead atoms. The van der Waals surface area contributed by atoms with E-state index >= 15 is 0 Å². The van der Waals surface area contributed by atoms with Crippen molar-refractivity contribution in [3.05, 3.63) is 84.4 Å². The number of hydrogen-bond acceptors (Lipinski definition) is 2. The molecule has 0 aliphatic carbocycles. The van der Waals surface area contributed by atoms with Crippen LogP contribution in [0.25, 0.3) is 0 Å². The Labute approximate surface area is 119 Å². The van der Waals surface area contributed by atoms with Gasteiger partial charge in [0.25, 0.3) is 0 Å². The molecule has 1 unspecified atom stereocenters. The largest absolute Gasteiger partial charge is 0.461 e. The lowest BCUT2D eigenvalue weighted by Crippen LogP contribution is -2.09. The van der Waals surface area contributed by atoms with Gasteiger partial charge in [0.05, 0.1) is 6.42 Å². The number of carbonyl (C=O) groups excluding carboxylic acids is 1. The third-order valence-electron chi connectivity index (χ3n) is 3.14. The first-order chi connectivity index (χ1) is 9.79. The summed E-state index contributed by atoms with van der Waals surface area (Å²) in [5, 5.41) is 0. The highest BCUT2D eigenvalue weighted by Gasteiger charge is 2.13. The highest BCUT2D eigenvalue weighted by molar-refractivity contribution is 5.71. The van der Waals surface area contributed by atoms with Gasteiger partial charge in [0, 0.05) is 5.92 Å². The first-order valence-electron chi connectivity index (χ1n) is 6.66. The molecule has 2 aromatic carbocycles. The van der Waals surface area contributed by atoms with Crippen LogP contribution >= 0.6 is 0 Å². The van der Waals surface area contributed by atoms with E-state index in [-0.39, 0.29) is 11.9 Å². The number of rotatable bonds is 6. The lowest BCUT2D eigenvalue weighted by molar-refractivity contribution is -0.145. The summed E-state index contributed by atoms with van der Waals surface area (Å²) in [4.78, 5) is 11.9. The summed E-state index contributed by atoms with van der Waals surface area (Å²) in [6.07, 6.45) is 2.11. The zero-order valence-corrected chi connectivity index (χ0v) is 11.4. The van der Waals surface area contributed by atoms with Crippen molar-refractivity contribution in [3.8, 4) is 0 Å². The van der Waals surface area contributed by atoms with E-state index in [1.807, 2.05) is 60.7 Å². The van der Waals surface area contributed by atoms with E-state index in [9.17, 15) is 4.79 Å². The number of carbonyl (C=O) groups is 1. The van der Waals surface area contributed by atoms with Crippen LogP contribution in [0.4, 0.5) is 0 Å². The molecule has 0 N–H and O–H groups in total. The predicted octanol–water partition coefficient (Wildman–Crippen LogP) is 4.09. The summed E-state index contributed by atoms with van der Waals surface area (Å²) in [5.74, 6) is -0.206. The Morgan fingerprint density at radius 3 is 2.25 bits per heavy atom. The fourth-order valence-electron chi connectivity index (χ4n) is 2.01. The van der Waals surface area contributed by atoms with Crippen LogP contribution in [0.2, 0.25) is 0 Å². The topological polar surface area (TPSA) is 26.3 Å². The Balaban J connectivity index is 1.88. The van der Waals surface area contributed by atoms with Gasteiger partial charge in [-0.3, -0.25) is 4.79 Å². The van der Waals surface area contributed by atoms with E-state index in [0.29, 0.717) is 13.0 Å². The smallest absolute Gasteiger partial charge is 0.307 e. The summed E-state index contributed by atoms with van der Waals surface area (Å²) in [6, 6.07) is 19.5. The lowest BCUT2D eigenvalue weighted by atomic mass is 9.96. The number of allylic oxidation sites excluding steroid dienone is 1. The monoisotopic (exact) mass is 266 g/mol. The van der Waals surface area contributed by atoms with Crippen molar-refractivity contribution >= 4 is 5.97 Å². The second-order valence-electron chi connectivity index (χ2n) is 4.60. The van der Waals surface area contributed by atoms with Crippen molar-refractivity contribution in [1.82, 2.24) is 0 Å². The van der Waals surface area contributed by atoms with Crippen molar-refractivity contribution in [1.29, 1.82) is 0 Å². The van der Waals surface area contributed by atoms with Crippen LogP contribution in [0.1, 0.15) is 23.5 Å². The predicted molar refractivity (Wildman–Crippen MR) is 80.2 cm³/mol. The molecule has 2 rings (SSSR count). The van der Waals surface area contributed by atoms with Crippen molar-refractivity contribution in [3.63, 3.8) is 0 Å². The molecular formula is C18H18O2. The zero-order chi connectivity index (χ0) is 14.2. The van der Waals surface area contributed by atoms with Gasteiger partial charge in [-0.05, 0) is 11.1 Å². The minimum atomic E-state index is -0.206. The maximum absolute atomic E-state index is 11.9. The average molecular weight is 266 g/mol. The first-order valence-corrected chi connectivity index (χ1v) is 6.66. The van der Waals surface area contributed by atoms with Crippen LogP contribution in [-0.4, -0.2) is 5.97 Å². The lowest BCUT2D eigenvalue weighted by Gasteiger charge is -2.12. The molecule has 0 amide bonds. The zero-order valence-electron chi connectivity index (χ0n) is 11.4. The van der Waals surface area contributed by atoms with Crippen LogP contribution in [-0.2, 0) is 16.1 Å². The maximum Gasteiger partial charge on any atom is 0.307 e. The summed E-state index contributed by atoms with van der Waals surface area (Å²) in [5.41, 5.74) is 2.08. The Morgan fingerprint density at radius 2 is 1.65 bits per heavy atom. The second kappa shape index (κ2) is 7.29. The molecule has 0 radical (unpaired) electrons. The Morgan fingerprint density at radius 1 is 1.05 bits per heavy atom. The third kappa shape index (κ3) is 4.09. The Bertz CT molecular complexity index is 546. The summed E-state index contributed by atoms with van der Waals surface area (Å²) in [6.45, 7) is 4.12. The van der Waals surface area contributed by atoms with Crippen molar-refractivity contribution in [2.75, 3.05) is 0 Å². The quantitative estimate of drug-likeness (QED) is 0.581. The van der Waals surface area contributed by atoms with Crippen molar-refractivity contribution < 1.29 is 9.53 Å². The van der Waals surface area contributed by atoms with E-state index in [0.717, 1.165) is 11.1 Å². The van der Waals surface area contributed by atoms with Gasteiger partial charge in [-0.2, -0.15) is 0 Å². The molecule has 2 heteroatoms. The summed E-state index contributed by atoms with van der Waals surface area (Å²) < 4.78 is 5.30. The number of esters is 1.